The van der Waals surface area contributed by atoms with E-state index in [1.54, 1.807) is 6.07 Å². The van der Waals surface area contributed by atoms with Crippen LogP contribution in [-0.4, -0.2) is 42.3 Å². The van der Waals surface area contributed by atoms with Gasteiger partial charge in [-0.05, 0) is 23.7 Å². The summed E-state index contributed by atoms with van der Waals surface area (Å²) in [6, 6.07) is 12.8. The van der Waals surface area contributed by atoms with Crippen molar-refractivity contribution in [1.82, 2.24) is 10.3 Å². The van der Waals surface area contributed by atoms with E-state index in [1.807, 2.05) is 36.4 Å². The molecule has 0 saturated carbocycles. The Morgan fingerprint density at radius 1 is 1.30 bits per heavy atom. The van der Waals surface area contributed by atoms with Crippen LogP contribution in [0.1, 0.15) is 30.5 Å². The molecule has 2 unspecified atom stereocenters. The maximum atomic E-state index is 11.9. The van der Waals surface area contributed by atoms with Gasteiger partial charge in [0.15, 0.2) is 5.75 Å². The maximum Gasteiger partial charge on any atom is 0.315 e. The summed E-state index contributed by atoms with van der Waals surface area (Å²) in [7, 11) is 1.50. The van der Waals surface area contributed by atoms with Gasteiger partial charge in [0.05, 0.1) is 18.1 Å². The number of ether oxygens (including phenoxy) is 2. The number of piperidine rings is 1. The van der Waals surface area contributed by atoms with Gasteiger partial charge in [0, 0.05) is 37.2 Å². The highest BCUT2D eigenvalue weighted by Crippen LogP contribution is 2.43. The fourth-order valence-electron chi connectivity index (χ4n) is 4.16. The molecule has 0 spiro atoms. The molecular formula is C22H26N4O4. The van der Waals surface area contributed by atoms with Gasteiger partial charge in [-0.3, -0.25) is 10.1 Å². The number of nitro benzene ring substituents is 1. The highest BCUT2D eigenvalue weighted by atomic mass is 16.6. The summed E-state index contributed by atoms with van der Waals surface area (Å²) >= 11 is 0. The van der Waals surface area contributed by atoms with Gasteiger partial charge in [-0.15, -0.1) is 0 Å². The molecule has 0 radical (unpaired) electrons. The highest BCUT2D eigenvalue weighted by molar-refractivity contribution is 5.90. The molecule has 2 aromatic carbocycles. The molecule has 158 valence electrons. The molecule has 2 aliphatic rings. The van der Waals surface area contributed by atoms with Crippen molar-refractivity contribution in [3.63, 3.8) is 0 Å². The molecule has 30 heavy (non-hydrogen) atoms. The number of likely N-dealkylation sites (tertiary alicyclic amines) is 1. The van der Waals surface area contributed by atoms with Crippen molar-refractivity contribution in [3.05, 3.63) is 63.7 Å². The van der Waals surface area contributed by atoms with E-state index in [0.717, 1.165) is 42.9 Å². The molecular weight excluding hydrogens is 384 g/mol. The highest BCUT2D eigenvalue weighted by Gasteiger charge is 2.38. The van der Waals surface area contributed by atoms with Crippen molar-refractivity contribution in [3.8, 4) is 11.5 Å². The topological polar surface area (TPSA) is 89.2 Å². The lowest BCUT2D eigenvalue weighted by atomic mass is 9.86. The van der Waals surface area contributed by atoms with E-state index in [9.17, 15) is 10.1 Å². The molecule has 1 saturated heterocycles. The number of benzene rings is 2. The van der Waals surface area contributed by atoms with E-state index in [4.69, 9.17) is 9.47 Å². The second-order valence-corrected chi connectivity index (χ2v) is 7.56. The number of nitrogens with zero attached hydrogens (tertiary/aromatic N) is 3. The van der Waals surface area contributed by atoms with E-state index in [0.29, 0.717) is 5.75 Å². The monoisotopic (exact) mass is 410 g/mol. The molecule has 0 bridgehead atoms. The Labute approximate surface area is 175 Å². The number of rotatable bonds is 7. The Bertz CT molecular complexity index is 948. The van der Waals surface area contributed by atoms with E-state index in [2.05, 4.69) is 22.4 Å². The van der Waals surface area contributed by atoms with Gasteiger partial charge in [-0.2, -0.15) is 5.10 Å². The predicted octanol–water partition coefficient (Wildman–Crippen LogP) is 3.52. The SMILES string of the molecule is CCN1CCC2=NNC(c3cc(OC)c(OCc4ccccc4)c([N+](=O)[O-])c3)C2C1. The molecule has 8 nitrogen and oxygen atoms in total. The van der Waals surface area contributed by atoms with E-state index in [1.165, 1.54) is 7.11 Å². The van der Waals surface area contributed by atoms with Gasteiger partial charge in [0.1, 0.15) is 6.61 Å². The largest absolute Gasteiger partial charge is 0.493 e. The van der Waals surface area contributed by atoms with E-state index < -0.39 is 4.92 Å². The fourth-order valence-corrected chi connectivity index (χ4v) is 4.16. The minimum atomic E-state index is -0.414. The molecule has 1 N–H and O–H groups in total. The normalized spacial score (nSPS) is 20.8. The fraction of sp³-hybridized carbons (Fsp3) is 0.409. The van der Waals surface area contributed by atoms with Gasteiger partial charge in [0.2, 0.25) is 5.75 Å². The summed E-state index contributed by atoms with van der Waals surface area (Å²) in [4.78, 5) is 13.8. The van der Waals surface area contributed by atoms with Crippen LogP contribution in [-0.2, 0) is 6.61 Å². The summed E-state index contributed by atoms with van der Waals surface area (Å²) in [6.07, 6.45) is 0.916. The van der Waals surface area contributed by atoms with Crippen molar-refractivity contribution < 1.29 is 14.4 Å². The van der Waals surface area contributed by atoms with Gasteiger partial charge in [-0.1, -0.05) is 37.3 Å². The second kappa shape index (κ2) is 8.71. The van der Waals surface area contributed by atoms with Crippen molar-refractivity contribution in [1.29, 1.82) is 0 Å². The van der Waals surface area contributed by atoms with Crippen LogP contribution in [0.25, 0.3) is 0 Å². The summed E-state index contributed by atoms with van der Waals surface area (Å²) in [5.74, 6) is 0.695. The quantitative estimate of drug-likeness (QED) is 0.555. The molecule has 4 rings (SSSR count). The van der Waals surface area contributed by atoms with Crippen molar-refractivity contribution in [2.75, 3.05) is 26.7 Å². The van der Waals surface area contributed by atoms with Crippen molar-refractivity contribution >= 4 is 11.4 Å². The molecule has 8 heteroatoms. The number of hydrazone groups is 1. The van der Waals surface area contributed by atoms with Crippen molar-refractivity contribution in [2.45, 2.75) is 26.0 Å². The Morgan fingerprint density at radius 2 is 2.10 bits per heavy atom. The molecule has 2 heterocycles. The van der Waals surface area contributed by atoms with Gasteiger partial charge in [-0.25, -0.2) is 0 Å². The second-order valence-electron chi connectivity index (χ2n) is 7.56. The van der Waals surface area contributed by atoms with Crippen LogP contribution in [0.15, 0.2) is 47.6 Å². The first-order valence-corrected chi connectivity index (χ1v) is 10.2. The lowest BCUT2D eigenvalue weighted by Crippen LogP contribution is -2.41. The molecule has 2 aliphatic heterocycles. The van der Waals surface area contributed by atoms with Gasteiger partial charge >= 0.3 is 5.69 Å². The average Bonchev–Trinajstić information content (AvgIpc) is 3.20. The van der Waals surface area contributed by atoms with Gasteiger partial charge < -0.3 is 19.8 Å². The standard InChI is InChI=1S/C22H26N4O4/c1-3-25-10-9-18-17(13-25)21(24-23-18)16-11-19(26(27)28)22(20(12-16)29-2)30-14-15-7-5-4-6-8-15/h4-8,11-12,17,21,24H,3,9-10,13-14H2,1-2H3. The number of nitro groups is 1. The zero-order chi connectivity index (χ0) is 21.1. The molecule has 0 amide bonds. The zero-order valence-electron chi connectivity index (χ0n) is 17.2. The maximum absolute atomic E-state index is 11.9. The summed E-state index contributed by atoms with van der Waals surface area (Å²) < 4.78 is 11.3. The first-order valence-electron chi connectivity index (χ1n) is 10.2. The summed E-state index contributed by atoms with van der Waals surface area (Å²) in [5, 5.41) is 16.4. The zero-order valence-corrected chi connectivity index (χ0v) is 17.2. The third-order valence-corrected chi connectivity index (χ3v) is 5.82. The van der Waals surface area contributed by atoms with Gasteiger partial charge in [0.25, 0.3) is 0 Å². The van der Waals surface area contributed by atoms with Crippen LogP contribution in [0.3, 0.4) is 0 Å². The van der Waals surface area contributed by atoms with Crippen LogP contribution in [0.4, 0.5) is 5.69 Å². The first kappa shape index (κ1) is 20.2. The Kier molecular flexibility index (Phi) is 5.85. The number of methoxy groups -OCH3 is 1. The third kappa shape index (κ3) is 3.95. The molecule has 0 aliphatic carbocycles. The summed E-state index contributed by atoms with van der Waals surface area (Å²) in [5.41, 5.74) is 5.94. The number of fused-ring (bicyclic) bond motifs is 1. The summed E-state index contributed by atoms with van der Waals surface area (Å²) in [6.45, 7) is 5.23. The smallest absolute Gasteiger partial charge is 0.315 e. The lowest BCUT2D eigenvalue weighted by Gasteiger charge is -2.32. The lowest BCUT2D eigenvalue weighted by molar-refractivity contribution is -0.386. The van der Waals surface area contributed by atoms with E-state index >= 15 is 0 Å². The molecule has 2 atom stereocenters. The Morgan fingerprint density at radius 3 is 2.80 bits per heavy atom. The minimum absolute atomic E-state index is 0.0984. The van der Waals surface area contributed by atoms with Crippen LogP contribution in [0.5, 0.6) is 11.5 Å². The van der Waals surface area contributed by atoms with Crippen LogP contribution in [0, 0.1) is 16.0 Å². The first-order chi connectivity index (χ1) is 14.6. The van der Waals surface area contributed by atoms with E-state index in [-0.39, 0.29) is 30.0 Å². The molecule has 0 aromatic heterocycles. The third-order valence-electron chi connectivity index (χ3n) is 5.82. The van der Waals surface area contributed by atoms with Crippen molar-refractivity contribution in [2.24, 2.45) is 11.0 Å². The average molecular weight is 410 g/mol. The van der Waals surface area contributed by atoms with Crippen LogP contribution >= 0.6 is 0 Å². The van der Waals surface area contributed by atoms with Crippen LogP contribution < -0.4 is 14.9 Å². The molecule has 1 fully saturated rings. The predicted molar refractivity (Wildman–Crippen MR) is 114 cm³/mol. The Hall–Kier alpha value is -3.13. The number of hydrogen-bond donors (Lipinski definition) is 1. The number of hydrogen-bond acceptors (Lipinski definition) is 7. The molecule has 2 aromatic rings. The number of nitrogens with one attached hydrogen (secondary N) is 1. The Balaban J connectivity index is 1.64. The van der Waals surface area contributed by atoms with Crippen LogP contribution in [0.2, 0.25) is 0 Å². The minimum Gasteiger partial charge on any atom is -0.493 e.